The Hall–Kier alpha value is -1.99. The van der Waals surface area contributed by atoms with Crippen LogP contribution < -0.4 is 5.32 Å². The summed E-state index contributed by atoms with van der Waals surface area (Å²) in [6.45, 7) is 0. The molecule has 6 heteroatoms. The summed E-state index contributed by atoms with van der Waals surface area (Å²) in [5, 5.41) is 13.2. The van der Waals surface area contributed by atoms with Gasteiger partial charge in [-0.05, 0) is 48.0 Å². The molecule has 0 saturated heterocycles. The van der Waals surface area contributed by atoms with Gasteiger partial charge in [0, 0.05) is 20.8 Å². The van der Waals surface area contributed by atoms with Gasteiger partial charge < -0.3 is 5.32 Å². The number of anilines is 1. The zero-order valence-electron chi connectivity index (χ0n) is 11.1. The Balaban J connectivity index is 2.23. The molecule has 0 spiro atoms. The molecule has 2 rings (SSSR count). The van der Waals surface area contributed by atoms with Crippen molar-refractivity contribution in [1.82, 2.24) is 0 Å². The van der Waals surface area contributed by atoms with E-state index in [1.165, 1.54) is 6.08 Å². The number of carbonyl (C=O) groups excluding carboxylic acids is 1. The van der Waals surface area contributed by atoms with E-state index in [4.69, 9.17) is 40.1 Å². The Labute approximate surface area is 142 Å². The van der Waals surface area contributed by atoms with E-state index in [1.54, 1.807) is 42.5 Å². The third kappa shape index (κ3) is 4.25. The number of amides is 1. The van der Waals surface area contributed by atoms with Crippen molar-refractivity contribution in [1.29, 1.82) is 5.26 Å². The third-order valence-electron chi connectivity index (χ3n) is 2.73. The van der Waals surface area contributed by atoms with Crippen LogP contribution in [0.3, 0.4) is 0 Å². The van der Waals surface area contributed by atoms with Gasteiger partial charge in [0.2, 0.25) is 0 Å². The molecule has 22 heavy (non-hydrogen) atoms. The van der Waals surface area contributed by atoms with E-state index in [1.807, 2.05) is 6.07 Å². The second-order valence-electron chi connectivity index (χ2n) is 4.30. The summed E-state index contributed by atoms with van der Waals surface area (Å²) in [5.41, 5.74) is 1.01. The highest BCUT2D eigenvalue weighted by molar-refractivity contribution is 6.35. The molecule has 0 fully saturated rings. The number of rotatable bonds is 3. The lowest BCUT2D eigenvalue weighted by molar-refractivity contribution is -0.112. The molecule has 0 radical (unpaired) electrons. The maximum Gasteiger partial charge on any atom is 0.266 e. The van der Waals surface area contributed by atoms with Crippen LogP contribution in [0.4, 0.5) is 5.69 Å². The molecule has 1 N–H and O–H groups in total. The zero-order valence-corrected chi connectivity index (χ0v) is 13.4. The molecule has 0 atom stereocenters. The van der Waals surface area contributed by atoms with Crippen LogP contribution >= 0.6 is 34.8 Å². The summed E-state index contributed by atoms with van der Waals surface area (Å²) >= 11 is 17.6. The molecule has 2 aromatic carbocycles. The summed E-state index contributed by atoms with van der Waals surface area (Å²) < 4.78 is 0. The van der Waals surface area contributed by atoms with Gasteiger partial charge in [0.25, 0.3) is 5.91 Å². The van der Waals surface area contributed by atoms with E-state index >= 15 is 0 Å². The number of halogens is 3. The molecule has 0 aliphatic carbocycles. The highest BCUT2D eigenvalue weighted by Crippen LogP contribution is 2.23. The highest BCUT2D eigenvalue weighted by atomic mass is 35.5. The van der Waals surface area contributed by atoms with Crippen LogP contribution in [-0.2, 0) is 4.79 Å². The van der Waals surface area contributed by atoms with Gasteiger partial charge in [-0.3, -0.25) is 4.79 Å². The number of carbonyl (C=O) groups is 1. The molecule has 1 amide bonds. The molecule has 3 nitrogen and oxygen atoms in total. The predicted octanol–water partition coefficient (Wildman–Crippen LogP) is 5.19. The molecule has 0 bridgehead atoms. The average molecular weight is 352 g/mol. The second kappa shape index (κ2) is 7.33. The van der Waals surface area contributed by atoms with Crippen molar-refractivity contribution in [3.63, 3.8) is 0 Å². The Morgan fingerprint density at radius 2 is 1.68 bits per heavy atom. The van der Waals surface area contributed by atoms with Crippen LogP contribution in [0.5, 0.6) is 0 Å². The lowest BCUT2D eigenvalue weighted by Crippen LogP contribution is -2.13. The number of hydrogen-bond acceptors (Lipinski definition) is 2. The lowest BCUT2D eigenvalue weighted by atomic mass is 10.1. The van der Waals surface area contributed by atoms with Crippen LogP contribution in [0.25, 0.3) is 6.08 Å². The van der Waals surface area contributed by atoms with E-state index in [-0.39, 0.29) is 5.57 Å². The predicted molar refractivity (Wildman–Crippen MR) is 90.1 cm³/mol. The summed E-state index contributed by atoms with van der Waals surface area (Å²) in [6.07, 6.45) is 1.41. The number of hydrogen-bond donors (Lipinski definition) is 1. The number of nitrogens with one attached hydrogen (secondary N) is 1. The highest BCUT2D eigenvalue weighted by Gasteiger charge is 2.10. The third-order valence-corrected chi connectivity index (χ3v) is 3.54. The van der Waals surface area contributed by atoms with Gasteiger partial charge in [-0.25, -0.2) is 0 Å². The van der Waals surface area contributed by atoms with Gasteiger partial charge in [-0.1, -0.05) is 40.9 Å². The Morgan fingerprint density at radius 1 is 1.05 bits per heavy atom. The standard InChI is InChI=1S/C16H9Cl3N2O/c17-12-3-5-14(6-4-12)21-16(22)11(9-20)7-10-1-2-13(18)8-15(10)19/h1-8H,(H,21,22)/b11-7-. The maximum absolute atomic E-state index is 12.1. The smallest absolute Gasteiger partial charge is 0.266 e. The van der Waals surface area contributed by atoms with E-state index in [0.717, 1.165) is 0 Å². The average Bonchev–Trinajstić information content (AvgIpc) is 2.49. The Bertz CT molecular complexity index is 777. The SMILES string of the molecule is N#C/C(=C/c1ccc(Cl)cc1Cl)C(=O)Nc1ccc(Cl)cc1. The van der Waals surface area contributed by atoms with Crippen molar-refractivity contribution in [3.8, 4) is 6.07 Å². The van der Waals surface area contributed by atoms with Gasteiger partial charge in [-0.2, -0.15) is 5.26 Å². The monoisotopic (exact) mass is 350 g/mol. The molecule has 0 saturated carbocycles. The van der Waals surface area contributed by atoms with E-state index in [0.29, 0.717) is 26.3 Å². The van der Waals surface area contributed by atoms with Crippen molar-refractivity contribution in [2.24, 2.45) is 0 Å². The van der Waals surface area contributed by atoms with Crippen LogP contribution in [0.15, 0.2) is 48.0 Å². The molecule has 0 heterocycles. The fourth-order valence-corrected chi connectivity index (χ4v) is 2.24. The first-order valence-corrected chi connectivity index (χ1v) is 7.27. The molecular formula is C16H9Cl3N2O. The minimum Gasteiger partial charge on any atom is -0.321 e. The quantitative estimate of drug-likeness (QED) is 0.611. The minimum absolute atomic E-state index is 0.0702. The first kappa shape index (κ1) is 16.4. The van der Waals surface area contributed by atoms with Gasteiger partial charge in [0.15, 0.2) is 0 Å². The van der Waals surface area contributed by atoms with Crippen LogP contribution in [0.2, 0.25) is 15.1 Å². The molecule has 2 aromatic rings. The van der Waals surface area contributed by atoms with Crippen LogP contribution in [-0.4, -0.2) is 5.91 Å². The summed E-state index contributed by atoms with van der Waals surface area (Å²) in [4.78, 5) is 12.1. The molecule has 0 aromatic heterocycles. The van der Waals surface area contributed by atoms with Crippen molar-refractivity contribution < 1.29 is 4.79 Å². The first-order valence-electron chi connectivity index (χ1n) is 6.13. The van der Waals surface area contributed by atoms with Crippen molar-refractivity contribution in [3.05, 3.63) is 68.7 Å². The zero-order chi connectivity index (χ0) is 16.1. The van der Waals surface area contributed by atoms with Gasteiger partial charge in [-0.15, -0.1) is 0 Å². The van der Waals surface area contributed by atoms with Gasteiger partial charge in [0.1, 0.15) is 11.6 Å². The van der Waals surface area contributed by atoms with Crippen molar-refractivity contribution >= 4 is 52.5 Å². The molecular weight excluding hydrogens is 343 g/mol. The van der Waals surface area contributed by atoms with Crippen molar-refractivity contribution in [2.75, 3.05) is 5.32 Å². The van der Waals surface area contributed by atoms with E-state index in [2.05, 4.69) is 5.32 Å². The molecule has 0 aliphatic heterocycles. The summed E-state index contributed by atoms with van der Waals surface area (Å²) in [5.74, 6) is -0.532. The lowest BCUT2D eigenvalue weighted by Gasteiger charge is -2.05. The normalized spacial score (nSPS) is 10.9. The molecule has 0 aliphatic rings. The molecule has 0 unspecified atom stereocenters. The number of nitriles is 1. The van der Waals surface area contributed by atoms with E-state index < -0.39 is 5.91 Å². The van der Waals surface area contributed by atoms with Gasteiger partial charge in [0.05, 0.1) is 0 Å². The summed E-state index contributed by atoms with van der Waals surface area (Å²) in [6, 6.07) is 13.2. The largest absolute Gasteiger partial charge is 0.321 e. The molecule has 110 valence electrons. The van der Waals surface area contributed by atoms with Crippen LogP contribution in [0.1, 0.15) is 5.56 Å². The first-order chi connectivity index (χ1) is 10.5. The fraction of sp³-hybridized carbons (Fsp3) is 0. The second-order valence-corrected chi connectivity index (χ2v) is 5.58. The van der Waals surface area contributed by atoms with Crippen molar-refractivity contribution in [2.45, 2.75) is 0 Å². The van der Waals surface area contributed by atoms with Gasteiger partial charge >= 0.3 is 0 Å². The topological polar surface area (TPSA) is 52.9 Å². The minimum atomic E-state index is -0.532. The summed E-state index contributed by atoms with van der Waals surface area (Å²) in [7, 11) is 0. The maximum atomic E-state index is 12.1. The number of nitrogens with zero attached hydrogens (tertiary/aromatic N) is 1. The number of benzene rings is 2. The Morgan fingerprint density at radius 3 is 2.27 bits per heavy atom. The fourth-order valence-electron chi connectivity index (χ4n) is 1.65. The van der Waals surface area contributed by atoms with E-state index in [9.17, 15) is 4.79 Å². The van der Waals surface area contributed by atoms with Crippen LogP contribution in [0, 0.1) is 11.3 Å². The Kier molecular flexibility index (Phi) is 5.46.